The maximum Gasteiger partial charge on any atom is 0.252 e. The van der Waals surface area contributed by atoms with Crippen molar-refractivity contribution < 1.29 is 9.53 Å². The molecular formula is C14H20ClN3O2. The molecule has 1 amide bonds. The zero-order valence-electron chi connectivity index (χ0n) is 11.5. The minimum atomic E-state index is -0.557. The SMILES string of the molecule is COc1cc(NC2CCC(N)CC2)c(Cl)cc1C(N)=O. The summed E-state index contributed by atoms with van der Waals surface area (Å²) in [4.78, 5) is 11.3. The first-order chi connectivity index (χ1) is 9.51. The summed E-state index contributed by atoms with van der Waals surface area (Å²) in [5.41, 5.74) is 12.2. The Hall–Kier alpha value is -1.46. The van der Waals surface area contributed by atoms with Crippen LogP contribution < -0.4 is 21.5 Å². The molecular weight excluding hydrogens is 278 g/mol. The number of amides is 1. The van der Waals surface area contributed by atoms with E-state index in [1.54, 1.807) is 12.1 Å². The molecule has 0 aliphatic heterocycles. The predicted octanol–water partition coefficient (Wildman–Crippen LogP) is 2.13. The molecule has 1 aliphatic rings. The van der Waals surface area contributed by atoms with Gasteiger partial charge >= 0.3 is 0 Å². The number of benzene rings is 1. The van der Waals surface area contributed by atoms with Gasteiger partial charge in [0.05, 0.1) is 23.4 Å². The molecule has 0 unspecified atom stereocenters. The first-order valence-corrected chi connectivity index (χ1v) is 7.08. The van der Waals surface area contributed by atoms with Gasteiger partial charge in [-0.1, -0.05) is 11.6 Å². The summed E-state index contributed by atoms with van der Waals surface area (Å²) < 4.78 is 5.19. The lowest BCUT2D eigenvalue weighted by molar-refractivity contribution is 0.0997. The van der Waals surface area contributed by atoms with Gasteiger partial charge in [0.1, 0.15) is 5.75 Å². The summed E-state index contributed by atoms with van der Waals surface area (Å²) in [5.74, 6) is -0.129. The Morgan fingerprint density at radius 3 is 2.55 bits per heavy atom. The number of nitrogens with two attached hydrogens (primary N) is 2. The van der Waals surface area contributed by atoms with Crippen molar-refractivity contribution in [2.24, 2.45) is 11.5 Å². The fraction of sp³-hybridized carbons (Fsp3) is 0.500. The normalized spacial score (nSPS) is 22.4. The highest BCUT2D eigenvalue weighted by Crippen LogP contribution is 2.32. The van der Waals surface area contributed by atoms with E-state index in [0.29, 0.717) is 22.9 Å². The molecule has 5 N–H and O–H groups in total. The number of rotatable bonds is 4. The Balaban J connectivity index is 2.17. The van der Waals surface area contributed by atoms with E-state index in [0.717, 1.165) is 31.4 Å². The number of carbonyl (C=O) groups excluding carboxylic acids is 1. The third kappa shape index (κ3) is 3.35. The smallest absolute Gasteiger partial charge is 0.252 e. The van der Waals surface area contributed by atoms with E-state index in [4.69, 9.17) is 27.8 Å². The number of anilines is 1. The third-order valence-corrected chi connectivity index (χ3v) is 4.00. The third-order valence-electron chi connectivity index (χ3n) is 3.69. The number of hydrogen-bond donors (Lipinski definition) is 3. The number of nitrogens with one attached hydrogen (secondary N) is 1. The van der Waals surface area contributed by atoms with Gasteiger partial charge in [0, 0.05) is 18.2 Å². The average molecular weight is 298 g/mol. The first-order valence-electron chi connectivity index (χ1n) is 6.70. The molecule has 0 atom stereocenters. The number of primary amides is 1. The molecule has 1 aromatic carbocycles. The molecule has 5 nitrogen and oxygen atoms in total. The topological polar surface area (TPSA) is 90.4 Å². The van der Waals surface area contributed by atoms with E-state index in [1.807, 2.05) is 0 Å². The van der Waals surface area contributed by atoms with E-state index in [1.165, 1.54) is 7.11 Å². The van der Waals surface area contributed by atoms with Crippen LogP contribution in [0.4, 0.5) is 5.69 Å². The molecule has 1 aromatic rings. The molecule has 1 aliphatic carbocycles. The number of halogens is 1. The maximum absolute atomic E-state index is 11.3. The van der Waals surface area contributed by atoms with E-state index in [9.17, 15) is 4.79 Å². The van der Waals surface area contributed by atoms with E-state index in [2.05, 4.69) is 5.32 Å². The molecule has 110 valence electrons. The van der Waals surface area contributed by atoms with Crippen molar-refractivity contribution in [2.75, 3.05) is 12.4 Å². The Labute approximate surface area is 123 Å². The van der Waals surface area contributed by atoms with Gasteiger partial charge in [-0.3, -0.25) is 4.79 Å². The second kappa shape index (κ2) is 6.33. The lowest BCUT2D eigenvalue weighted by Crippen LogP contribution is -2.32. The molecule has 0 saturated heterocycles. The van der Waals surface area contributed by atoms with Crippen molar-refractivity contribution in [2.45, 2.75) is 37.8 Å². The lowest BCUT2D eigenvalue weighted by atomic mass is 9.91. The van der Waals surface area contributed by atoms with Crippen LogP contribution in [0.1, 0.15) is 36.0 Å². The average Bonchev–Trinajstić information content (AvgIpc) is 2.42. The van der Waals surface area contributed by atoms with Crippen LogP contribution >= 0.6 is 11.6 Å². The summed E-state index contributed by atoms with van der Waals surface area (Å²) in [6.07, 6.45) is 4.03. The maximum atomic E-state index is 11.3. The fourth-order valence-corrected chi connectivity index (χ4v) is 2.73. The fourth-order valence-electron chi connectivity index (χ4n) is 2.51. The minimum absolute atomic E-state index is 0.286. The van der Waals surface area contributed by atoms with Gasteiger partial charge < -0.3 is 21.5 Å². The monoisotopic (exact) mass is 297 g/mol. The van der Waals surface area contributed by atoms with Crippen molar-refractivity contribution in [3.63, 3.8) is 0 Å². The molecule has 0 spiro atoms. The lowest BCUT2D eigenvalue weighted by Gasteiger charge is -2.28. The van der Waals surface area contributed by atoms with E-state index in [-0.39, 0.29) is 5.56 Å². The van der Waals surface area contributed by atoms with Gasteiger partial charge in [-0.2, -0.15) is 0 Å². The van der Waals surface area contributed by atoms with Crippen LogP contribution in [0.3, 0.4) is 0 Å². The molecule has 0 heterocycles. The molecule has 0 aromatic heterocycles. The van der Waals surface area contributed by atoms with Crippen LogP contribution in [0.2, 0.25) is 5.02 Å². The highest BCUT2D eigenvalue weighted by atomic mass is 35.5. The van der Waals surface area contributed by atoms with Crippen molar-refractivity contribution in [1.29, 1.82) is 0 Å². The Morgan fingerprint density at radius 1 is 1.35 bits per heavy atom. The van der Waals surface area contributed by atoms with Crippen LogP contribution in [-0.2, 0) is 0 Å². The Bertz CT molecular complexity index is 499. The van der Waals surface area contributed by atoms with Crippen LogP contribution in [0, 0.1) is 0 Å². The highest BCUT2D eigenvalue weighted by Gasteiger charge is 2.20. The summed E-state index contributed by atoms with van der Waals surface area (Å²) in [6, 6.07) is 3.91. The van der Waals surface area contributed by atoms with Gasteiger partial charge in [-0.25, -0.2) is 0 Å². The van der Waals surface area contributed by atoms with Crippen molar-refractivity contribution in [3.05, 3.63) is 22.7 Å². The molecule has 2 rings (SSSR count). The molecule has 6 heteroatoms. The van der Waals surface area contributed by atoms with Gasteiger partial charge in [0.15, 0.2) is 0 Å². The Kier molecular flexibility index (Phi) is 4.73. The highest BCUT2D eigenvalue weighted by molar-refractivity contribution is 6.33. The zero-order chi connectivity index (χ0) is 14.7. The van der Waals surface area contributed by atoms with E-state index >= 15 is 0 Å². The van der Waals surface area contributed by atoms with Crippen molar-refractivity contribution in [1.82, 2.24) is 0 Å². The summed E-state index contributed by atoms with van der Waals surface area (Å²) in [7, 11) is 1.50. The number of methoxy groups -OCH3 is 1. The van der Waals surface area contributed by atoms with Crippen molar-refractivity contribution >= 4 is 23.2 Å². The molecule has 0 bridgehead atoms. The van der Waals surface area contributed by atoms with Gasteiger partial charge in [-0.05, 0) is 31.7 Å². The number of carbonyl (C=O) groups is 1. The standard InChI is InChI=1S/C14H20ClN3O2/c1-20-13-7-12(11(15)6-10(13)14(17)19)18-9-4-2-8(16)3-5-9/h6-9,18H,2-5,16H2,1H3,(H2,17,19). The summed E-state index contributed by atoms with van der Waals surface area (Å²) in [5, 5.41) is 3.86. The quantitative estimate of drug-likeness (QED) is 0.794. The number of ether oxygens (including phenoxy) is 1. The van der Waals surface area contributed by atoms with Gasteiger partial charge in [0.2, 0.25) is 0 Å². The van der Waals surface area contributed by atoms with Crippen LogP contribution in [0.15, 0.2) is 12.1 Å². The van der Waals surface area contributed by atoms with Crippen LogP contribution in [0.5, 0.6) is 5.75 Å². The zero-order valence-corrected chi connectivity index (χ0v) is 12.2. The molecule has 1 saturated carbocycles. The summed E-state index contributed by atoms with van der Waals surface area (Å²) in [6.45, 7) is 0. The molecule has 1 fully saturated rings. The number of hydrogen-bond acceptors (Lipinski definition) is 4. The van der Waals surface area contributed by atoms with Crippen molar-refractivity contribution in [3.8, 4) is 5.75 Å². The Morgan fingerprint density at radius 2 is 2.00 bits per heavy atom. The van der Waals surface area contributed by atoms with Crippen LogP contribution in [0.25, 0.3) is 0 Å². The first kappa shape index (κ1) is 14.9. The van der Waals surface area contributed by atoms with E-state index < -0.39 is 5.91 Å². The predicted molar refractivity (Wildman–Crippen MR) is 80.4 cm³/mol. The largest absolute Gasteiger partial charge is 0.496 e. The molecule has 0 radical (unpaired) electrons. The summed E-state index contributed by atoms with van der Waals surface area (Å²) >= 11 is 6.20. The second-order valence-corrected chi connectivity index (χ2v) is 5.56. The second-order valence-electron chi connectivity index (χ2n) is 5.15. The molecule has 20 heavy (non-hydrogen) atoms. The van der Waals surface area contributed by atoms with Gasteiger partial charge in [0.25, 0.3) is 5.91 Å². The van der Waals surface area contributed by atoms with Gasteiger partial charge in [-0.15, -0.1) is 0 Å². The minimum Gasteiger partial charge on any atom is -0.496 e. The van der Waals surface area contributed by atoms with Crippen LogP contribution in [-0.4, -0.2) is 25.1 Å².